The van der Waals surface area contributed by atoms with E-state index in [9.17, 15) is 9.18 Å². The molecule has 0 radical (unpaired) electrons. The van der Waals surface area contributed by atoms with E-state index in [-0.39, 0.29) is 29.9 Å². The van der Waals surface area contributed by atoms with Gasteiger partial charge in [-0.2, -0.15) is 5.26 Å². The molecule has 1 aliphatic rings. The molecule has 2 heterocycles. The van der Waals surface area contributed by atoms with Crippen molar-refractivity contribution < 1.29 is 13.6 Å². The highest BCUT2D eigenvalue weighted by Crippen LogP contribution is 2.32. The van der Waals surface area contributed by atoms with Crippen LogP contribution in [-0.2, 0) is 4.79 Å². The molecule has 1 atom stereocenters. The third kappa shape index (κ3) is 4.36. The summed E-state index contributed by atoms with van der Waals surface area (Å²) >= 11 is 0. The second-order valence-corrected chi connectivity index (χ2v) is 7.15. The summed E-state index contributed by atoms with van der Waals surface area (Å²) in [7, 11) is 0. The van der Waals surface area contributed by atoms with Crippen molar-refractivity contribution >= 4 is 11.6 Å². The number of amides is 1. The van der Waals surface area contributed by atoms with Crippen molar-refractivity contribution in [2.24, 2.45) is 0 Å². The zero-order chi connectivity index (χ0) is 20.9. The van der Waals surface area contributed by atoms with Crippen LogP contribution in [0.2, 0.25) is 0 Å². The van der Waals surface area contributed by atoms with Crippen LogP contribution in [0.25, 0.3) is 11.5 Å². The molecule has 1 aromatic heterocycles. The van der Waals surface area contributed by atoms with E-state index in [0.717, 1.165) is 19.3 Å². The molecule has 0 aliphatic carbocycles. The highest BCUT2D eigenvalue weighted by molar-refractivity contribution is 5.92. The minimum absolute atomic E-state index is 0.131. The molecule has 0 bridgehead atoms. The Bertz CT molecular complexity index is 1090. The molecule has 1 amide bonds. The lowest BCUT2D eigenvalue weighted by atomic mass is 10.0. The first kappa shape index (κ1) is 19.7. The molecule has 2 aromatic carbocycles. The highest BCUT2D eigenvalue weighted by Gasteiger charge is 2.30. The van der Waals surface area contributed by atoms with Crippen LogP contribution in [0.5, 0.6) is 0 Å². The van der Waals surface area contributed by atoms with E-state index in [1.807, 2.05) is 4.90 Å². The van der Waals surface area contributed by atoms with Gasteiger partial charge in [0.15, 0.2) is 0 Å². The number of carbonyl (C=O) groups excluding carboxylic acids is 1. The molecule has 1 fully saturated rings. The van der Waals surface area contributed by atoms with Gasteiger partial charge in [-0.05, 0) is 49.7 Å². The number of piperidine rings is 1. The third-order valence-electron chi connectivity index (χ3n) is 5.07. The number of aromatic nitrogens is 2. The molecule has 1 N–H and O–H groups in total. The molecule has 152 valence electrons. The molecule has 8 heteroatoms. The van der Waals surface area contributed by atoms with Crippen molar-refractivity contribution in [3.63, 3.8) is 0 Å². The van der Waals surface area contributed by atoms with Gasteiger partial charge in [0, 0.05) is 5.69 Å². The summed E-state index contributed by atoms with van der Waals surface area (Å²) in [6.45, 7) is 0.868. The van der Waals surface area contributed by atoms with Crippen LogP contribution < -0.4 is 5.32 Å². The summed E-state index contributed by atoms with van der Waals surface area (Å²) in [5.74, 6) is -0.100. The molecule has 1 unspecified atom stereocenters. The Morgan fingerprint density at radius 1 is 1.23 bits per heavy atom. The zero-order valence-electron chi connectivity index (χ0n) is 16.2. The van der Waals surface area contributed by atoms with Crippen LogP contribution in [0, 0.1) is 17.1 Å². The van der Waals surface area contributed by atoms with Gasteiger partial charge in [0.05, 0.1) is 29.8 Å². The first-order chi connectivity index (χ1) is 14.6. The van der Waals surface area contributed by atoms with Gasteiger partial charge in [-0.1, -0.05) is 24.6 Å². The van der Waals surface area contributed by atoms with Crippen molar-refractivity contribution in [3.8, 4) is 17.5 Å². The quantitative estimate of drug-likeness (QED) is 0.691. The number of anilines is 1. The van der Waals surface area contributed by atoms with Gasteiger partial charge in [-0.25, -0.2) is 4.39 Å². The SMILES string of the molecule is N#Cc1cccc(NC(=O)CN2CCCCC2c2nnc(-c3ccccc3F)o2)c1. The van der Waals surface area contributed by atoms with Gasteiger partial charge in [0.1, 0.15) is 5.82 Å². The Hall–Kier alpha value is -3.57. The highest BCUT2D eigenvalue weighted by atomic mass is 19.1. The fourth-order valence-corrected chi connectivity index (χ4v) is 3.62. The van der Waals surface area contributed by atoms with Gasteiger partial charge in [-0.3, -0.25) is 9.69 Å². The lowest BCUT2D eigenvalue weighted by Gasteiger charge is -2.32. The second kappa shape index (κ2) is 8.84. The largest absolute Gasteiger partial charge is 0.419 e. The minimum Gasteiger partial charge on any atom is -0.419 e. The average Bonchev–Trinajstić information content (AvgIpc) is 3.24. The Morgan fingerprint density at radius 3 is 2.93 bits per heavy atom. The van der Waals surface area contributed by atoms with E-state index in [1.165, 1.54) is 6.07 Å². The van der Waals surface area contributed by atoms with Gasteiger partial charge in [0.25, 0.3) is 5.89 Å². The smallest absolute Gasteiger partial charge is 0.250 e. The molecular weight excluding hydrogens is 385 g/mol. The lowest BCUT2D eigenvalue weighted by Crippen LogP contribution is -2.39. The Morgan fingerprint density at radius 2 is 2.10 bits per heavy atom. The van der Waals surface area contributed by atoms with E-state index in [0.29, 0.717) is 23.7 Å². The first-order valence-electron chi connectivity index (χ1n) is 9.76. The van der Waals surface area contributed by atoms with E-state index in [4.69, 9.17) is 9.68 Å². The number of likely N-dealkylation sites (tertiary alicyclic amines) is 1. The van der Waals surface area contributed by atoms with Crippen LogP contribution in [0.1, 0.15) is 36.8 Å². The average molecular weight is 405 g/mol. The van der Waals surface area contributed by atoms with Crippen LogP contribution in [0.3, 0.4) is 0 Å². The maximum atomic E-state index is 14.0. The summed E-state index contributed by atoms with van der Waals surface area (Å²) in [5, 5.41) is 20.0. The number of hydrogen-bond donors (Lipinski definition) is 1. The molecular formula is C22H20FN5O2. The van der Waals surface area contributed by atoms with E-state index in [2.05, 4.69) is 21.6 Å². The van der Waals surface area contributed by atoms with Gasteiger partial charge in [-0.15, -0.1) is 10.2 Å². The van der Waals surface area contributed by atoms with E-state index >= 15 is 0 Å². The number of rotatable bonds is 5. The molecule has 30 heavy (non-hydrogen) atoms. The summed E-state index contributed by atoms with van der Waals surface area (Å²) in [6, 6.07) is 14.9. The molecule has 1 aliphatic heterocycles. The van der Waals surface area contributed by atoms with Crippen molar-refractivity contribution in [3.05, 3.63) is 65.8 Å². The number of halogens is 1. The molecule has 0 saturated carbocycles. The number of nitrogens with one attached hydrogen (secondary N) is 1. The summed E-state index contributed by atoms with van der Waals surface area (Å²) in [5.41, 5.74) is 1.32. The monoisotopic (exact) mass is 405 g/mol. The topological polar surface area (TPSA) is 95.1 Å². The molecule has 4 rings (SSSR count). The van der Waals surface area contributed by atoms with Gasteiger partial charge in [0.2, 0.25) is 11.8 Å². The third-order valence-corrected chi connectivity index (χ3v) is 5.07. The molecule has 3 aromatic rings. The fraction of sp³-hybridized carbons (Fsp3) is 0.273. The van der Waals surface area contributed by atoms with Crippen LogP contribution in [0.4, 0.5) is 10.1 Å². The van der Waals surface area contributed by atoms with E-state index in [1.54, 1.807) is 42.5 Å². The van der Waals surface area contributed by atoms with Crippen molar-refractivity contribution in [1.82, 2.24) is 15.1 Å². The van der Waals surface area contributed by atoms with Gasteiger partial charge < -0.3 is 9.73 Å². The van der Waals surface area contributed by atoms with Crippen molar-refractivity contribution in [2.75, 3.05) is 18.4 Å². The molecule has 1 saturated heterocycles. The molecule has 0 spiro atoms. The number of hydrogen-bond acceptors (Lipinski definition) is 6. The van der Waals surface area contributed by atoms with Gasteiger partial charge >= 0.3 is 0 Å². The van der Waals surface area contributed by atoms with Crippen LogP contribution in [0.15, 0.2) is 52.9 Å². The first-order valence-corrected chi connectivity index (χ1v) is 9.76. The van der Waals surface area contributed by atoms with Crippen molar-refractivity contribution in [2.45, 2.75) is 25.3 Å². The Labute approximate surface area is 173 Å². The predicted molar refractivity (Wildman–Crippen MR) is 108 cm³/mol. The number of nitriles is 1. The van der Waals surface area contributed by atoms with Crippen LogP contribution in [-0.4, -0.2) is 34.1 Å². The Balaban J connectivity index is 1.47. The Kier molecular flexibility index (Phi) is 5.82. The zero-order valence-corrected chi connectivity index (χ0v) is 16.2. The normalized spacial score (nSPS) is 16.7. The standard InChI is InChI=1S/C22H20FN5O2/c23-18-9-2-1-8-17(18)21-26-27-22(30-21)19-10-3-4-11-28(19)14-20(29)25-16-7-5-6-15(12-16)13-24/h1-2,5-9,12,19H,3-4,10-11,14H2,(H,25,29). The maximum absolute atomic E-state index is 14.0. The minimum atomic E-state index is -0.424. The second-order valence-electron chi connectivity index (χ2n) is 7.15. The number of benzene rings is 2. The number of carbonyl (C=O) groups is 1. The summed E-state index contributed by atoms with van der Waals surface area (Å²) in [4.78, 5) is 14.6. The van der Waals surface area contributed by atoms with Crippen LogP contribution >= 0.6 is 0 Å². The summed E-state index contributed by atoms with van der Waals surface area (Å²) in [6.07, 6.45) is 2.71. The van der Waals surface area contributed by atoms with E-state index < -0.39 is 5.82 Å². The predicted octanol–water partition coefficient (Wildman–Crippen LogP) is 3.91. The molecule has 7 nitrogen and oxygen atoms in total. The fourth-order valence-electron chi connectivity index (χ4n) is 3.62. The van der Waals surface area contributed by atoms with Crippen molar-refractivity contribution in [1.29, 1.82) is 5.26 Å². The summed E-state index contributed by atoms with van der Waals surface area (Å²) < 4.78 is 19.8. The lowest BCUT2D eigenvalue weighted by molar-refractivity contribution is -0.118. The number of nitrogens with zero attached hydrogens (tertiary/aromatic N) is 4. The maximum Gasteiger partial charge on any atom is 0.250 e.